The first kappa shape index (κ1) is 20.5. The van der Waals surface area contributed by atoms with Gasteiger partial charge in [-0.1, -0.05) is 49.4 Å². The topological polar surface area (TPSA) is 87.5 Å². The van der Waals surface area contributed by atoms with Crippen LogP contribution in [-0.4, -0.2) is 25.4 Å². The zero-order valence-electron chi connectivity index (χ0n) is 17.0. The molecule has 1 aliphatic heterocycles. The van der Waals surface area contributed by atoms with Crippen molar-refractivity contribution >= 4 is 28.9 Å². The Hall–Kier alpha value is -3.28. The molecule has 0 bridgehead atoms. The SMILES string of the molecule is CCC(=O)N1Cc2ccccc2/C(NCCCC(=O)NC)=C(/N)c2ccccc21. The molecule has 0 fully saturated rings. The molecule has 3 rings (SSSR count). The van der Waals surface area contributed by atoms with Gasteiger partial charge in [-0.05, 0) is 18.1 Å². The first-order valence-corrected chi connectivity index (χ1v) is 9.99. The van der Waals surface area contributed by atoms with Crippen LogP contribution in [0.5, 0.6) is 0 Å². The monoisotopic (exact) mass is 392 g/mol. The smallest absolute Gasteiger partial charge is 0.227 e. The molecule has 1 aliphatic rings. The van der Waals surface area contributed by atoms with Gasteiger partial charge in [0.2, 0.25) is 11.8 Å². The Morgan fingerprint density at radius 3 is 2.48 bits per heavy atom. The lowest BCUT2D eigenvalue weighted by Gasteiger charge is -2.30. The van der Waals surface area contributed by atoms with Gasteiger partial charge in [-0.25, -0.2) is 0 Å². The lowest BCUT2D eigenvalue weighted by Crippen LogP contribution is -2.33. The minimum absolute atomic E-state index is 0.0193. The molecule has 2 aromatic carbocycles. The Balaban J connectivity index is 2.05. The van der Waals surface area contributed by atoms with E-state index < -0.39 is 0 Å². The van der Waals surface area contributed by atoms with Gasteiger partial charge in [-0.3, -0.25) is 9.59 Å². The van der Waals surface area contributed by atoms with Crippen LogP contribution in [0, 0.1) is 0 Å². The van der Waals surface area contributed by atoms with Gasteiger partial charge in [0.25, 0.3) is 0 Å². The fraction of sp³-hybridized carbons (Fsp3) is 0.304. The molecule has 0 unspecified atom stereocenters. The summed E-state index contributed by atoms with van der Waals surface area (Å²) < 4.78 is 0. The number of hydrogen-bond donors (Lipinski definition) is 3. The van der Waals surface area contributed by atoms with Crippen LogP contribution in [0.15, 0.2) is 48.5 Å². The quantitative estimate of drug-likeness (QED) is 0.660. The second-order valence-electron chi connectivity index (χ2n) is 7.00. The summed E-state index contributed by atoms with van der Waals surface area (Å²) >= 11 is 0. The van der Waals surface area contributed by atoms with Gasteiger partial charge in [-0.15, -0.1) is 0 Å². The summed E-state index contributed by atoms with van der Waals surface area (Å²) in [6.45, 7) is 2.97. The van der Waals surface area contributed by atoms with Crippen molar-refractivity contribution in [3.05, 3.63) is 65.2 Å². The van der Waals surface area contributed by atoms with Crippen molar-refractivity contribution in [1.29, 1.82) is 0 Å². The molecular weight excluding hydrogens is 364 g/mol. The van der Waals surface area contributed by atoms with Crippen molar-refractivity contribution in [3.63, 3.8) is 0 Å². The molecule has 2 amide bonds. The van der Waals surface area contributed by atoms with Crippen molar-refractivity contribution in [2.24, 2.45) is 5.73 Å². The van der Waals surface area contributed by atoms with Crippen LogP contribution in [-0.2, 0) is 16.1 Å². The number of hydrogen-bond acceptors (Lipinski definition) is 4. The number of nitrogens with one attached hydrogen (secondary N) is 2. The summed E-state index contributed by atoms with van der Waals surface area (Å²) in [4.78, 5) is 26.0. The molecule has 0 saturated carbocycles. The number of nitrogens with two attached hydrogens (primary N) is 1. The Morgan fingerprint density at radius 1 is 1.07 bits per heavy atom. The van der Waals surface area contributed by atoms with Gasteiger partial charge < -0.3 is 21.3 Å². The van der Waals surface area contributed by atoms with Gasteiger partial charge in [0.1, 0.15) is 0 Å². The van der Waals surface area contributed by atoms with Crippen molar-refractivity contribution < 1.29 is 9.59 Å². The Kier molecular flexibility index (Phi) is 6.54. The maximum absolute atomic E-state index is 12.7. The zero-order valence-corrected chi connectivity index (χ0v) is 17.0. The van der Waals surface area contributed by atoms with Crippen molar-refractivity contribution in [1.82, 2.24) is 10.6 Å². The lowest BCUT2D eigenvalue weighted by molar-refractivity contribution is -0.120. The number of carbonyl (C=O) groups excluding carboxylic acids is 2. The van der Waals surface area contributed by atoms with Crippen molar-refractivity contribution in [2.75, 3.05) is 18.5 Å². The fourth-order valence-corrected chi connectivity index (χ4v) is 3.57. The van der Waals surface area contributed by atoms with Crippen LogP contribution in [0.3, 0.4) is 0 Å². The lowest BCUT2D eigenvalue weighted by atomic mass is 9.96. The number of rotatable bonds is 6. The minimum atomic E-state index is 0.0193. The van der Waals surface area contributed by atoms with E-state index in [4.69, 9.17) is 5.73 Å². The highest BCUT2D eigenvalue weighted by Crippen LogP contribution is 2.34. The zero-order chi connectivity index (χ0) is 20.8. The van der Waals surface area contributed by atoms with Crippen molar-refractivity contribution in [3.8, 4) is 0 Å². The summed E-state index contributed by atoms with van der Waals surface area (Å²) in [6.07, 6.45) is 1.57. The summed E-state index contributed by atoms with van der Waals surface area (Å²) in [5.41, 5.74) is 11.7. The molecule has 152 valence electrons. The number of fused-ring (bicyclic) bond motifs is 2. The molecule has 6 heteroatoms. The molecule has 2 aromatic rings. The summed E-state index contributed by atoms with van der Waals surface area (Å²) in [5, 5.41) is 6.08. The van der Waals surface area contributed by atoms with Crippen LogP contribution in [0.4, 0.5) is 5.69 Å². The number of amides is 2. The molecule has 0 aliphatic carbocycles. The normalized spacial score (nSPS) is 15.6. The Bertz CT molecular complexity index is 936. The maximum Gasteiger partial charge on any atom is 0.227 e. The molecular formula is C23H28N4O2. The second kappa shape index (κ2) is 9.28. The van der Waals surface area contributed by atoms with Crippen LogP contribution in [0.25, 0.3) is 11.4 Å². The van der Waals surface area contributed by atoms with E-state index in [9.17, 15) is 9.59 Å². The number of carbonyl (C=O) groups is 2. The largest absolute Gasteiger partial charge is 0.396 e. The first-order chi connectivity index (χ1) is 14.1. The number of nitrogens with zero attached hydrogens (tertiary/aromatic N) is 1. The minimum Gasteiger partial charge on any atom is -0.396 e. The van der Waals surface area contributed by atoms with E-state index in [-0.39, 0.29) is 11.8 Å². The third kappa shape index (κ3) is 4.42. The molecule has 0 spiro atoms. The second-order valence-corrected chi connectivity index (χ2v) is 7.00. The van der Waals surface area contributed by atoms with Gasteiger partial charge in [0, 0.05) is 37.6 Å². The Labute approximate surface area is 171 Å². The van der Waals surface area contributed by atoms with Crippen LogP contribution in [0.2, 0.25) is 0 Å². The number of para-hydroxylation sites is 1. The Morgan fingerprint density at radius 2 is 1.76 bits per heavy atom. The average Bonchev–Trinajstić information content (AvgIpc) is 2.76. The predicted molar refractivity (Wildman–Crippen MR) is 117 cm³/mol. The molecule has 0 aromatic heterocycles. The van der Waals surface area contributed by atoms with Gasteiger partial charge >= 0.3 is 0 Å². The van der Waals surface area contributed by atoms with E-state index in [2.05, 4.69) is 10.6 Å². The number of benzene rings is 2. The highest BCUT2D eigenvalue weighted by molar-refractivity contribution is 6.01. The highest BCUT2D eigenvalue weighted by Gasteiger charge is 2.25. The molecule has 29 heavy (non-hydrogen) atoms. The van der Waals surface area contributed by atoms with E-state index >= 15 is 0 Å². The van der Waals surface area contributed by atoms with Crippen LogP contribution >= 0.6 is 0 Å². The molecule has 6 nitrogen and oxygen atoms in total. The summed E-state index contributed by atoms with van der Waals surface area (Å²) in [5.74, 6) is 0.0768. The number of anilines is 1. The molecule has 1 heterocycles. The molecule has 0 saturated heterocycles. The predicted octanol–water partition coefficient (Wildman–Crippen LogP) is 2.84. The van der Waals surface area contributed by atoms with Gasteiger partial charge in [-0.2, -0.15) is 0 Å². The van der Waals surface area contributed by atoms with E-state index in [0.717, 1.165) is 28.1 Å². The maximum atomic E-state index is 12.7. The van der Waals surface area contributed by atoms with Crippen LogP contribution < -0.4 is 21.3 Å². The van der Waals surface area contributed by atoms with E-state index in [1.807, 2.05) is 60.4 Å². The highest BCUT2D eigenvalue weighted by atomic mass is 16.2. The molecule has 0 atom stereocenters. The van der Waals surface area contributed by atoms with Gasteiger partial charge in [0.05, 0.1) is 23.6 Å². The third-order valence-electron chi connectivity index (χ3n) is 5.13. The van der Waals surface area contributed by atoms with Gasteiger partial charge in [0.15, 0.2) is 0 Å². The summed E-state index contributed by atoms with van der Waals surface area (Å²) in [7, 11) is 1.64. The van der Waals surface area contributed by atoms with E-state index in [1.165, 1.54) is 0 Å². The molecule has 0 radical (unpaired) electrons. The first-order valence-electron chi connectivity index (χ1n) is 9.99. The standard InChI is InChI=1S/C23H28N4O2/c1-3-21(29)27-15-16-9-4-5-10-17(16)23(26-14-8-13-20(28)25-2)22(24)18-11-6-7-12-19(18)27/h4-7,9-12,26H,3,8,13-15,24H2,1-2H3,(H,25,28)/b23-22-. The summed E-state index contributed by atoms with van der Waals surface area (Å²) in [6, 6.07) is 15.7. The van der Waals surface area contributed by atoms with Crippen molar-refractivity contribution in [2.45, 2.75) is 32.7 Å². The van der Waals surface area contributed by atoms with E-state index in [1.54, 1.807) is 7.05 Å². The molecule has 4 N–H and O–H groups in total. The third-order valence-corrected chi connectivity index (χ3v) is 5.13. The van der Waals surface area contributed by atoms with Crippen LogP contribution in [0.1, 0.15) is 42.9 Å². The average molecular weight is 393 g/mol. The fourth-order valence-electron chi connectivity index (χ4n) is 3.57. The van der Waals surface area contributed by atoms with E-state index in [0.29, 0.717) is 38.0 Å².